The number of anilines is 1. The van der Waals surface area contributed by atoms with Gasteiger partial charge in [0.2, 0.25) is 0 Å². The molecule has 4 heterocycles. The molecule has 1 aliphatic rings. The van der Waals surface area contributed by atoms with Crippen LogP contribution in [-0.2, 0) is 0 Å². The Morgan fingerprint density at radius 1 is 1.00 bits per heavy atom. The van der Waals surface area contributed by atoms with E-state index in [0.717, 1.165) is 30.5 Å². The average molecular weight is 366 g/mol. The highest BCUT2D eigenvalue weighted by atomic mass is 16.5. The van der Waals surface area contributed by atoms with E-state index in [1.807, 2.05) is 47.0 Å². The Kier molecular flexibility index (Phi) is 4.39. The molecule has 0 radical (unpaired) electrons. The van der Waals surface area contributed by atoms with Crippen LogP contribution in [0.4, 0.5) is 5.82 Å². The number of aryl methyl sites for hydroxylation is 3. The molecule has 1 saturated heterocycles. The van der Waals surface area contributed by atoms with Crippen LogP contribution in [0.5, 0.6) is 0 Å². The smallest absolute Gasteiger partial charge is 0.259 e. The molecule has 3 aromatic rings. The van der Waals surface area contributed by atoms with E-state index in [4.69, 9.17) is 4.52 Å². The third kappa shape index (κ3) is 3.30. The molecule has 0 atom stereocenters. The fraction of sp³-hybridized carbons (Fsp3) is 0.368. The van der Waals surface area contributed by atoms with Gasteiger partial charge in [0.25, 0.3) is 5.91 Å². The second-order valence-corrected chi connectivity index (χ2v) is 6.70. The first kappa shape index (κ1) is 17.3. The molecule has 0 saturated carbocycles. The molecule has 8 nitrogen and oxygen atoms in total. The van der Waals surface area contributed by atoms with Crippen molar-refractivity contribution in [2.24, 2.45) is 0 Å². The van der Waals surface area contributed by atoms with E-state index >= 15 is 0 Å². The van der Waals surface area contributed by atoms with Gasteiger partial charge in [0.05, 0.1) is 5.69 Å². The Bertz CT molecular complexity index is 935. The van der Waals surface area contributed by atoms with Crippen LogP contribution >= 0.6 is 0 Å². The zero-order valence-corrected chi connectivity index (χ0v) is 15.7. The zero-order valence-electron chi connectivity index (χ0n) is 15.7. The van der Waals surface area contributed by atoms with Crippen molar-refractivity contribution in [2.75, 3.05) is 31.1 Å². The fourth-order valence-electron chi connectivity index (χ4n) is 3.40. The average Bonchev–Trinajstić information content (AvgIpc) is 3.31. The Morgan fingerprint density at radius 3 is 2.30 bits per heavy atom. The van der Waals surface area contributed by atoms with Crippen molar-refractivity contribution in [1.82, 2.24) is 24.6 Å². The van der Waals surface area contributed by atoms with Crippen LogP contribution in [-0.4, -0.2) is 56.7 Å². The summed E-state index contributed by atoms with van der Waals surface area (Å²) < 4.78 is 7.10. The second-order valence-electron chi connectivity index (χ2n) is 6.70. The Hall–Kier alpha value is -3.16. The lowest BCUT2D eigenvalue weighted by Gasteiger charge is -2.35. The molecule has 4 rings (SSSR count). The number of hydrogen-bond donors (Lipinski definition) is 0. The normalized spacial score (nSPS) is 14.6. The monoisotopic (exact) mass is 366 g/mol. The lowest BCUT2D eigenvalue weighted by atomic mass is 10.1. The molecule has 0 bridgehead atoms. The van der Waals surface area contributed by atoms with Crippen LogP contribution in [0.25, 0.3) is 5.82 Å². The molecule has 0 aliphatic carbocycles. The predicted molar refractivity (Wildman–Crippen MR) is 100 cm³/mol. The van der Waals surface area contributed by atoms with Crippen molar-refractivity contribution in [3.8, 4) is 5.82 Å². The van der Waals surface area contributed by atoms with E-state index in [-0.39, 0.29) is 5.91 Å². The minimum Gasteiger partial charge on any atom is -0.361 e. The quantitative estimate of drug-likeness (QED) is 0.707. The van der Waals surface area contributed by atoms with Gasteiger partial charge in [-0.15, -0.1) is 0 Å². The Morgan fingerprint density at radius 2 is 1.67 bits per heavy atom. The molecule has 3 aromatic heterocycles. The number of carbonyl (C=O) groups is 1. The van der Waals surface area contributed by atoms with Crippen molar-refractivity contribution < 1.29 is 9.32 Å². The number of hydrogen-bond acceptors (Lipinski definition) is 6. The number of piperazine rings is 1. The van der Waals surface area contributed by atoms with Crippen molar-refractivity contribution in [3.05, 3.63) is 53.4 Å². The maximum absolute atomic E-state index is 12.8. The van der Waals surface area contributed by atoms with Crippen molar-refractivity contribution >= 4 is 11.7 Å². The summed E-state index contributed by atoms with van der Waals surface area (Å²) in [6.45, 7) is 8.17. The number of aromatic nitrogens is 4. The standard InChI is InChI=1S/C19H22N6O2/c1-13-18(14(2)27-22-13)19(26)25-10-8-24(9-11-25)17-12-16(20-15(3)21-17)23-6-4-5-7-23/h4-7,12H,8-11H2,1-3H3. The molecular formula is C19H22N6O2. The lowest BCUT2D eigenvalue weighted by molar-refractivity contribution is 0.0744. The van der Waals surface area contributed by atoms with Crippen LogP contribution in [0.15, 0.2) is 35.1 Å². The zero-order chi connectivity index (χ0) is 19.0. The maximum atomic E-state index is 12.8. The number of rotatable bonds is 3. The highest BCUT2D eigenvalue weighted by Crippen LogP contribution is 2.20. The van der Waals surface area contributed by atoms with Crippen LogP contribution in [0, 0.1) is 20.8 Å². The van der Waals surface area contributed by atoms with E-state index in [1.165, 1.54) is 0 Å². The van der Waals surface area contributed by atoms with E-state index in [9.17, 15) is 4.79 Å². The van der Waals surface area contributed by atoms with Gasteiger partial charge in [-0.05, 0) is 32.9 Å². The minimum atomic E-state index is -0.0159. The number of carbonyl (C=O) groups excluding carboxylic acids is 1. The summed E-state index contributed by atoms with van der Waals surface area (Å²) in [5.74, 6) is 3.01. The van der Waals surface area contributed by atoms with Gasteiger partial charge in [0.15, 0.2) is 0 Å². The van der Waals surface area contributed by atoms with Gasteiger partial charge in [0, 0.05) is 44.6 Å². The molecule has 0 unspecified atom stereocenters. The summed E-state index contributed by atoms with van der Waals surface area (Å²) >= 11 is 0. The van der Waals surface area contributed by atoms with Gasteiger partial charge in [-0.1, -0.05) is 5.16 Å². The third-order valence-corrected chi connectivity index (χ3v) is 4.82. The summed E-state index contributed by atoms with van der Waals surface area (Å²) in [7, 11) is 0. The molecule has 0 spiro atoms. The van der Waals surface area contributed by atoms with E-state index in [0.29, 0.717) is 30.1 Å². The lowest BCUT2D eigenvalue weighted by Crippen LogP contribution is -2.49. The van der Waals surface area contributed by atoms with Crippen LogP contribution in [0.1, 0.15) is 27.6 Å². The molecule has 1 amide bonds. The van der Waals surface area contributed by atoms with E-state index in [1.54, 1.807) is 13.8 Å². The maximum Gasteiger partial charge on any atom is 0.259 e. The van der Waals surface area contributed by atoms with Crippen LogP contribution in [0.3, 0.4) is 0 Å². The number of amides is 1. The molecule has 1 aliphatic heterocycles. The molecular weight excluding hydrogens is 344 g/mol. The first-order chi connectivity index (χ1) is 13.0. The Balaban J connectivity index is 1.49. The molecule has 1 fully saturated rings. The summed E-state index contributed by atoms with van der Waals surface area (Å²) in [6, 6.07) is 5.92. The first-order valence-corrected chi connectivity index (χ1v) is 8.99. The molecule has 8 heteroatoms. The fourth-order valence-corrected chi connectivity index (χ4v) is 3.40. The van der Waals surface area contributed by atoms with Crippen molar-refractivity contribution in [2.45, 2.75) is 20.8 Å². The predicted octanol–water partition coefficient (Wildman–Crippen LogP) is 2.14. The highest BCUT2D eigenvalue weighted by Gasteiger charge is 2.27. The third-order valence-electron chi connectivity index (χ3n) is 4.82. The van der Waals surface area contributed by atoms with Gasteiger partial charge < -0.3 is 18.9 Å². The van der Waals surface area contributed by atoms with E-state index < -0.39 is 0 Å². The summed E-state index contributed by atoms with van der Waals surface area (Å²) in [5, 5.41) is 3.89. The topological polar surface area (TPSA) is 80.3 Å². The molecule has 0 N–H and O–H groups in total. The van der Waals surface area contributed by atoms with Crippen molar-refractivity contribution in [1.29, 1.82) is 0 Å². The summed E-state index contributed by atoms with van der Waals surface area (Å²) in [6.07, 6.45) is 3.93. The number of nitrogens with zero attached hydrogens (tertiary/aromatic N) is 6. The van der Waals surface area contributed by atoms with Gasteiger partial charge in [0.1, 0.15) is 28.8 Å². The SMILES string of the molecule is Cc1nc(N2CCN(C(=O)c3c(C)noc3C)CC2)cc(-n2cccc2)n1. The molecule has 27 heavy (non-hydrogen) atoms. The molecule has 140 valence electrons. The van der Waals surface area contributed by atoms with Crippen LogP contribution < -0.4 is 4.90 Å². The van der Waals surface area contributed by atoms with Gasteiger partial charge in [-0.2, -0.15) is 0 Å². The Labute approximate surface area is 157 Å². The minimum absolute atomic E-state index is 0.0159. The highest BCUT2D eigenvalue weighted by molar-refractivity contribution is 5.96. The second kappa shape index (κ2) is 6.86. The molecule has 0 aromatic carbocycles. The van der Waals surface area contributed by atoms with Crippen LogP contribution in [0.2, 0.25) is 0 Å². The van der Waals surface area contributed by atoms with Gasteiger partial charge in [-0.3, -0.25) is 4.79 Å². The largest absolute Gasteiger partial charge is 0.361 e. The van der Waals surface area contributed by atoms with E-state index in [2.05, 4.69) is 20.0 Å². The first-order valence-electron chi connectivity index (χ1n) is 8.99. The van der Waals surface area contributed by atoms with Gasteiger partial charge >= 0.3 is 0 Å². The van der Waals surface area contributed by atoms with Gasteiger partial charge in [-0.25, -0.2) is 9.97 Å². The summed E-state index contributed by atoms with van der Waals surface area (Å²) in [4.78, 5) is 25.9. The van der Waals surface area contributed by atoms with Crippen molar-refractivity contribution in [3.63, 3.8) is 0 Å². The summed E-state index contributed by atoms with van der Waals surface area (Å²) in [5.41, 5.74) is 1.22.